The molecule has 11 heavy (non-hydrogen) atoms. The van der Waals surface area contributed by atoms with Crippen molar-refractivity contribution in [2.75, 3.05) is 0 Å². The number of rotatable bonds is 2. The van der Waals surface area contributed by atoms with Crippen molar-refractivity contribution >= 4 is 0 Å². The molecule has 0 radical (unpaired) electrons. The van der Waals surface area contributed by atoms with E-state index in [1.54, 1.807) is 6.20 Å². The van der Waals surface area contributed by atoms with Crippen LogP contribution in [0.3, 0.4) is 0 Å². The Bertz CT molecular complexity index is 227. The van der Waals surface area contributed by atoms with Crippen LogP contribution in [0.5, 0.6) is 0 Å². The molecule has 0 fully saturated rings. The second-order valence-electron chi connectivity index (χ2n) is 3.03. The van der Waals surface area contributed by atoms with Crippen molar-refractivity contribution in [3.63, 3.8) is 0 Å². The number of nitrogens with two attached hydrogens (primary N) is 1. The minimum absolute atomic E-state index is 0.186. The number of hydrogen-bond donors (Lipinski definition) is 1. The highest BCUT2D eigenvalue weighted by Gasteiger charge is 2.12. The monoisotopic (exact) mass is 153 g/mol. The molecule has 0 saturated carbocycles. The van der Waals surface area contributed by atoms with Crippen LogP contribution < -0.4 is 5.73 Å². The molecule has 2 N–H and O–H groups in total. The van der Waals surface area contributed by atoms with Gasteiger partial charge < -0.3 is 5.73 Å². The highest BCUT2D eigenvalue weighted by Crippen LogP contribution is 2.15. The molecule has 62 valence electrons. The summed E-state index contributed by atoms with van der Waals surface area (Å²) in [6.45, 7) is 4.12. The van der Waals surface area contributed by atoms with Gasteiger partial charge in [-0.1, -0.05) is 6.92 Å². The van der Waals surface area contributed by atoms with Gasteiger partial charge >= 0.3 is 0 Å². The average molecular weight is 153 g/mol. The first-order valence-electron chi connectivity index (χ1n) is 3.86. The van der Waals surface area contributed by atoms with E-state index in [-0.39, 0.29) is 6.04 Å². The molecule has 0 aliphatic carbocycles. The lowest BCUT2D eigenvalue weighted by Gasteiger charge is -2.15. The molecule has 1 aromatic rings. The van der Waals surface area contributed by atoms with Crippen LogP contribution in [-0.2, 0) is 7.05 Å². The summed E-state index contributed by atoms with van der Waals surface area (Å²) in [6, 6.07) is 2.19. The summed E-state index contributed by atoms with van der Waals surface area (Å²) in [5, 5.41) is 4.08. The molecular weight excluding hydrogens is 138 g/mol. The molecule has 3 nitrogen and oxygen atoms in total. The van der Waals surface area contributed by atoms with E-state index in [0.29, 0.717) is 5.92 Å². The highest BCUT2D eigenvalue weighted by molar-refractivity contribution is 5.08. The Kier molecular flexibility index (Phi) is 2.29. The molecule has 2 unspecified atom stereocenters. The summed E-state index contributed by atoms with van der Waals surface area (Å²) in [5.74, 6) is 0.377. The van der Waals surface area contributed by atoms with Gasteiger partial charge in [0.05, 0.1) is 0 Å². The zero-order valence-electron chi connectivity index (χ0n) is 7.28. The Morgan fingerprint density at radius 2 is 2.18 bits per heavy atom. The summed E-state index contributed by atoms with van der Waals surface area (Å²) in [5.41, 5.74) is 6.95. The molecule has 1 heterocycles. The highest BCUT2D eigenvalue weighted by atomic mass is 15.3. The van der Waals surface area contributed by atoms with Gasteiger partial charge in [-0.05, 0) is 13.0 Å². The lowest BCUT2D eigenvalue weighted by molar-refractivity contribution is 0.559. The van der Waals surface area contributed by atoms with Crippen LogP contribution in [0.25, 0.3) is 0 Å². The number of aromatic nitrogens is 2. The van der Waals surface area contributed by atoms with E-state index >= 15 is 0 Å². The van der Waals surface area contributed by atoms with Crippen molar-refractivity contribution in [3.8, 4) is 0 Å². The molecule has 3 heteroatoms. The molecule has 0 saturated heterocycles. The zero-order valence-corrected chi connectivity index (χ0v) is 7.28. The Balaban J connectivity index is 2.84. The standard InChI is InChI=1S/C8H15N3/c1-6(7(2)9)8-4-5-10-11(8)3/h4-7H,9H2,1-3H3. The second kappa shape index (κ2) is 3.05. The fourth-order valence-electron chi connectivity index (χ4n) is 1.10. The first-order chi connectivity index (χ1) is 5.13. The van der Waals surface area contributed by atoms with Crippen molar-refractivity contribution in [1.82, 2.24) is 9.78 Å². The Morgan fingerprint density at radius 3 is 2.55 bits per heavy atom. The van der Waals surface area contributed by atoms with Crippen LogP contribution in [0.1, 0.15) is 25.5 Å². The van der Waals surface area contributed by atoms with Crippen molar-refractivity contribution < 1.29 is 0 Å². The maximum atomic E-state index is 5.75. The van der Waals surface area contributed by atoms with Gasteiger partial charge in [-0.25, -0.2) is 0 Å². The van der Waals surface area contributed by atoms with Gasteiger partial charge in [0.25, 0.3) is 0 Å². The van der Waals surface area contributed by atoms with Gasteiger partial charge in [0.1, 0.15) is 0 Å². The van der Waals surface area contributed by atoms with E-state index in [0.717, 1.165) is 0 Å². The predicted molar refractivity (Wildman–Crippen MR) is 45.3 cm³/mol. The quantitative estimate of drug-likeness (QED) is 0.685. The smallest absolute Gasteiger partial charge is 0.0492 e. The molecule has 0 amide bonds. The van der Waals surface area contributed by atoms with Gasteiger partial charge in [-0.15, -0.1) is 0 Å². The average Bonchev–Trinajstić information content (AvgIpc) is 2.33. The molecule has 0 aliphatic heterocycles. The summed E-state index contributed by atoms with van der Waals surface area (Å²) in [4.78, 5) is 0. The van der Waals surface area contributed by atoms with Crippen LogP contribution in [0.2, 0.25) is 0 Å². The summed E-state index contributed by atoms with van der Waals surface area (Å²) < 4.78 is 1.87. The van der Waals surface area contributed by atoms with Crippen LogP contribution in [0.15, 0.2) is 12.3 Å². The summed E-state index contributed by atoms with van der Waals surface area (Å²) in [7, 11) is 1.94. The van der Waals surface area contributed by atoms with Crippen LogP contribution in [-0.4, -0.2) is 15.8 Å². The van der Waals surface area contributed by atoms with Gasteiger partial charge in [0, 0.05) is 30.9 Å². The zero-order chi connectivity index (χ0) is 8.43. The number of aryl methyl sites for hydroxylation is 1. The Hall–Kier alpha value is -0.830. The minimum atomic E-state index is 0.186. The first kappa shape index (κ1) is 8.27. The summed E-state index contributed by atoms with van der Waals surface area (Å²) >= 11 is 0. The van der Waals surface area contributed by atoms with Gasteiger partial charge in [0.15, 0.2) is 0 Å². The van der Waals surface area contributed by atoms with E-state index in [9.17, 15) is 0 Å². The normalized spacial score (nSPS) is 16.4. The largest absolute Gasteiger partial charge is 0.327 e. The third-order valence-electron chi connectivity index (χ3n) is 2.11. The van der Waals surface area contributed by atoms with Crippen molar-refractivity contribution in [2.24, 2.45) is 12.8 Å². The molecule has 1 aromatic heterocycles. The topological polar surface area (TPSA) is 43.8 Å². The molecule has 1 rings (SSSR count). The maximum absolute atomic E-state index is 5.75. The molecular formula is C8H15N3. The Labute approximate surface area is 67.2 Å². The SMILES string of the molecule is CC(N)C(C)c1ccnn1C. The number of hydrogen-bond acceptors (Lipinski definition) is 2. The van der Waals surface area contributed by atoms with E-state index in [1.165, 1.54) is 5.69 Å². The van der Waals surface area contributed by atoms with E-state index < -0.39 is 0 Å². The Morgan fingerprint density at radius 1 is 1.55 bits per heavy atom. The fourth-order valence-corrected chi connectivity index (χ4v) is 1.10. The van der Waals surface area contributed by atoms with Crippen LogP contribution in [0.4, 0.5) is 0 Å². The van der Waals surface area contributed by atoms with Crippen molar-refractivity contribution in [3.05, 3.63) is 18.0 Å². The lowest BCUT2D eigenvalue weighted by Crippen LogP contribution is -2.24. The summed E-state index contributed by atoms with van der Waals surface area (Å²) in [6.07, 6.45) is 1.80. The first-order valence-corrected chi connectivity index (χ1v) is 3.86. The molecule has 2 atom stereocenters. The van der Waals surface area contributed by atoms with Crippen LogP contribution >= 0.6 is 0 Å². The van der Waals surface area contributed by atoms with E-state index in [1.807, 2.05) is 24.7 Å². The molecule has 0 spiro atoms. The van der Waals surface area contributed by atoms with Gasteiger partial charge in [-0.2, -0.15) is 5.10 Å². The van der Waals surface area contributed by atoms with E-state index in [4.69, 9.17) is 5.73 Å². The molecule has 0 aliphatic rings. The van der Waals surface area contributed by atoms with Gasteiger partial charge in [0.2, 0.25) is 0 Å². The van der Waals surface area contributed by atoms with Crippen molar-refractivity contribution in [1.29, 1.82) is 0 Å². The van der Waals surface area contributed by atoms with Crippen molar-refractivity contribution in [2.45, 2.75) is 25.8 Å². The minimum Gasteiger partial charge on any atom is -0.327 e. The maximum Gasteiger partial charge on any atom is 0.0492 e. The van der Waals surface area contributed by atoms with Gasteiger partial charge in [-0.3, -0.25) is 4.68 Å². The second-order valence-corrected chi connectivity index (χ2v) is 3.03. The number of nitrogens with zero attached hydrogens (tertiary/aromatic N) is 2. The molecule has 0 bridgehead atoms. The van der Waals surface area contributed by atoms with E-state index in [2.05, 4.69) is 12.0 Å². The third-order valence-corrected chi connectivity index (χ3v) is 2.11. The fraction of sp³-hybridized carbons (Fsp3) is 0.625. The van der Waals surface area contributed by atoms with Crippen LogP contribution in [0, 0.1) is 0 Å². The predicted octanol–water partition coefficient (Wildman–Crippen LogP) is 0.871. The third kappa shape index (κ3) is 1.60. The lowest BCUT2D eigenvalue weighted by atomic mass is 10.0. The molecule has 0 aromatic carbocycles.